The third-order valence-corrected chi connectivity index (χ3v) is 4.67. The first kappa shape index (κ1) is 16.3. The van der Waals surface area contributed by atoms with Crippen LogP contribution in [0.1, 0.15) is 29.6 Å². The predicted molar refractivity (Wildman–Crippen MR) is 92.1 cm³/mol. The number of rotatable bonds is 5. The van der Waals surface area contributed by atoms with Crippen molar-refractivity contribution in [1.29, 1.82) is 0 Å². The van der Waals surface area contributed by atoms with E-state index in [1.165, 1.54) is 24.9 Å². The van der Waals surface area contributed by atoms with Crippen LogP contribution < -0.4 is 10.2 Å². The highest BCUT2D eigenvalue weighted by Crippen LogP contribution is 2.20. The molecule has 1 N–H and O–H groups in total. The van der Waals surface area contributed by atoms with Gasteiger partial charge in [0.2, 0.25) is 0 Å². The van der Waals surface area contributed by atoms with Gasteiger partial charge in [-0.3, -0.25) is 9.69 Å². The number of hydrogen-bond donors (Lipinski definition) is 1. The molecule has 2 aliphatic heterocycles. The molecule has 1 aromatic carbocycles. The number of nitrogens with one attached hydrogen (secondary N) is 1. The van der Waals surface area contributed by atoms with Gasteiger partial charge >= 0.3 is 0 Å². The van der Waals surface area contributed by atoms with Crippen LogP contribution in [0.5, 0.6) is 0 Å². The summed E-state index contributed by atoms with van der Waals surface area (Å²) in [5, 5.41) is 3.01. The summed E-state index contributed by atoms with van der Waals surface area (Å²) in [7, 11) is 0. The number of anilines is 1. The maximum atomic E-state index is 12.2. The van der Waals surface area contributed by atoms with Gasteiger partial charge in [-0.05, 0) is 43.5 Å². The molecule has 0 bridgehead atoms. The molecule has 0 aromatic heterocycles. The molecule has 5 nitrogen and oxygen atoms in total. The predicted octanol–water partition coefficient (Wildman–Crippen LogP) is 1.74. The number of piperidine rings is 1. The number of morpholine rings is 1. The second-order valence-electron chi connectivity index (χ2n) is 6.30. The minimum Gasteiger partial charge on any atom is -0.379 e. The smallest absolute Gasteiger partial charge is 0.251 e. The molecular weight excluding hydrogens is 290 g/mol. The zero-order valence-electron chi connectivity index (χ0n) is 13.8. The van der Waals surface area contributed by atoms with Gasteiger partial charge < -0.3 is 15.0 Å². The summed E-state index contributed by atoms with van der Waals surface area (Å²) in [6, 6.07) is 8.02. The maximum absolute atomic E-state index is 12.2. The number of carbonyl (C=O) groups excluding carboxylic acids is 1. The Bertz CT molecular complexity index is 491. The van der Waals surface area contributed by atoms with Crippen LogP contribution in [-0.4, -0.2) is 63.3 Å². The van der Waals surface area contributed by atoms with E-state index in [2.05, 4.69) is 27.2 Å². The first-order valence-corrected chi connectivity index (χ1v) is 8.76. The van der Waals surface area contributed by atoms with E-state index < -0.39 is 0 Å². The van der Waals surface area contributed by atoms with Crippen LogP contribution in [0.4, 0.5) is 5.69 Å². The van der Waals surface area contributed by atoms with Crippen molar-refractivity contribution >= 4 is 11.6 Å². The van der Waals surface area contributed by atoms with E-state index in [0.717, 1.165) is 51.5 Å². The molecule has 0 saturated carbocycles. The van der Waals surface area contributed by atoms with Crippen molar-refractivity contribution in [1.82, 2.24) is 10.2 Å². The van der Waals surface area contributed by atoms with Crippen molar-refractivity contribution in [3.05, 3.63) is 29.8 Å². The lowest BCUT2D eigenvalue weighted by molar-refractivity contribution is 0.0383. The van der Waals surface area contributed by atoms with Gasteiger partial charge in [-0.25, -0.2) is 0 Å². The van der Waals surface area contributed by atoms with Crippen LogP contribution in [0.3, 0.4) is 0 Å². The molecule has 2 heterocycles. The molecule has 5 heteroatoms. The number of ether oxygens (including phenoxy) is 1. The highest BCUT2D eigenvalue weighted by molar-refractivity contribution is 5.94. The van der Waals surface area contributed by atoms with Crippen molar-refractivity contribution in [2.75, 3.05) is 57.4 Å². The summed E-state index contributed by atoms with van der Waals surface area (Å²) in [6.07, 6.45) is 3.87. The van der Waals surface area contributed by atoms with Crippen LogP contribution in [0.2, 0.25) is 0 Å². The Kier molecular flexibility index (Phi) is 5.88. The Morgan fingerprint density at radius 1 is 1.00 bits per heavy atom. The average Bonchev–Trinajstić information content (AvgIpc) is 2.63. The van der Waals surface area contributed by atoms with Gasteiger partial charge in [-0.15, -0.1) is 0 Å². The van der Waals surface area contributed by atoms with Crippen LogP contribution in [0.15, 0.2) is 24.3 Å². The van der Waals surface area contributed by atoms with Crippen molar-refractivity contribution in [3.63, 3.8) is 0 Å². The molecule has 0 atom stereocenters. The molecule has 126 valence electrons. The van der Waals surface area contributed by atoms with Crippen LogP contribution in [-0.2, 0) is 4.74 Å². The van der Waals surface area contributed by atoms with Gasteiger partial charge in [-0.2, -0.15) is 0 Å². The zero-order chi connectivity index (χ0) is 15.9. The number of hydrogen-bond acceptors (Lipinski definition) is 4. The highest BCUT2D eigenvalue weighted by atomic mass is 16.5. The van der Waals surface area contributed by atoms with Crippen molar-refractivity contribution in [3.8, 4) is 0 Å². The number of carbonyl (C=O) groups is 1. The van der Waals surface area contributed by atoms with Gasteiger partial charge in [-0.1, -0.05) is 0 Å². The third-order valence-electron chi connectivity index (χ3n) is 4.67. The molecule has 2 fully saturated rings. The highest BCUT2D eigenvalue weighted by Gasteiger charge is 2.13. The zero-order valence-corrected chi connectivity index (χ0v) is 13.8. The Morgan fingerprint density at radius 3 is 2.39 bits per heavy atom. The second kappa shape index (κ2) is 8.31. The minimum absolute atomic E-state index is 0.0171. The Hall–Kier alpha value is -1.59. The number of nitrogens with zero attached hydrogens (tertiary/aromatic N) is 2. The van der Waals surface area contributed by atoms with Crippen molar-refractivity contribution in [2.45, 2.75) is 19.3 Å². The Morgan fingerprint density at radius 2 is 1.70 bits per heavy atom. The third kappa shape index (κ3) is 4.69. The average molecular weight is 317 g/mol. The first-order valence-electron chi connectivity index (χ1n) is 8.76. The van der Waals surface area contributed by atoms with E-state index in [1.54, 1.807) is 0 Å². The molecule has 2 aliphatic rings. The van der Waals surface area contributed by atoms with E-state index in [4.69, 9.17) is 4.74 Å². The second-order valence-corrected chi connectivity index (χ2v) is 6.30. The first-order chi connectivity index (χ1) is 11.3. The summed E-state index contributed by atoms with van der Waals surface area (Å²) < 4.78 is 5.32. The molecule has 0 aliphatic carbocycles. The lowest BCUT2D eigenvalue weighted by atomic mass is 10.1. The minimum atomic E-state index is 0.0171. The fourth-order valence-corrected chi connectivity index (χ4v) is 3.23. The summed E-state index contributed by atoms with van der Waals surface area (Å²) in [5.74, 6) is 0.0171. The molecule has 3 rings (SSSR count). The molecule has 1 aromatic rings. The fourth-order valence-electron chi connectivity index (χ4n) is 3.23. The van der Waals surface area contributed by atoms with E-state index in [9.17, 15) is 4.79 Å². The molecule has 0 radical (unpaired) electrons. The standard InChI is InChI=1S/C18H27N3O2/c22-18(19-8-11-20-12-14-23-15-13-20)16-4-6-17(7-5-16)21-9-2-1-3-10-21/h4-7H,1-3,8-15H2,(H,19,22). The van der Waals surface area contributed by atoms with Gasteiger partial charge in [0.05, 0.1) is 13.2 Å². The van der Waals surface area contributed by atoms with Gasteiger partial charge in [0.15, 0.2) is 0 Å². The topological polar surface area (TPSA) is 44.8 Å². The van der Waals surface area contributed by atoms with Crippen molar-refractivity contribution < 1.29 is 9.53 Å². The normalized spacial score (nSPS) is 19.6. The molecular formula is C18H27N3O2. The van der Waals surface area contributed by atoms with Gasteiger partial charge in [0, 0.05) is 50.5 Å². The lowest BCUT2D eigenvalue weighted by Gasteiger charge is -2.28. The molecule has 2 saturated heterocycles. The quantitative estimate of drug-likeness (QED) is 0.898. The van der Waals surface area contributed by atoms with E-state index in [1.807, 2.05) is 12.1 Å². The number of benzene rings is 1. The van der Waals surface area contributed by atoms with E-state index in [-0.39, 0.29) is 5.91 Å². The largest absolute Gasteiger partial charge is 0.379 e. The summed E-state index contributed by atoms with van der Waals surface area (Å²) in [6.45, 7) is 7.35. The molecule has 0 spiro atoms. The SMILES string of the molecule is O=C(NCCN1CCOCC1)c1ccc(N2CCCCC2)cc1. The van der Waals surface area contributed by atoms with Crippen LogP contribution in [0, 0.1) is 0 Å². The Labute approximate surface area is 138 Å². The van der Waals surface area contributed by atoms with Crippen LogP contribution >= 0.6 is 0 Å². The number of amides is 1. The summed E-state index contributed by atoms with van der Waals surface area (Å²) >= 11 is 0. The van der Waals surface area contributed by atoms with E-state index in [0.29, 0.717) is 6.54 Å². The van der Waals surface area contributed by atoms with Gasteiger partial charge in [0.1, 0.15) is 0 Å². The lowest BCUT2D eigenvalue weighted by Crippen LogP contribution is -2.41. The maximum Gasteiger partial charge on any atom is 0.251 e. The summed E-state index contributed by atoms with van der Waals surface area (Å²) in [5.41, 5.74) is 1.97. The molecule has 0 unspecified atom stereocenters. The molecule has 1 amide bonds. The Balaban J connectivity index is 1.45. The molecule has 23 heavy (non-hydrogen) atoms. The monoisotopic (exact) mass is 317 g/mol. The van der Waals surface area contributed by atoms with E-state index >= 15 is 0 Å². The van der Waals surface area contributed by atoms with Crippen molar-refractivity contribution in [2.24, 2.45) is 0 Å². The van der Waals surface area contributed by atoms with Gasteiger partial charge in [0.25, 0.3) is 5.91 Å². The summed E-state index contributed by atoms with van der Waals surface area (Å²) in [4.78, 5) is 16.9. The van der Waals surface area contributed by atoms with Crippen LogP contribution in [0.25, 0.3) is 0 Å². The fraction of sp³-hybridized carbons (Fsp3) is 0.611.